The number of carbonyl (C=O) groups excluding carboxylic acids is 2. The fourth-order valence-electron chi connectivity index (χ4n) is 3.93. The number of carbonyl (C=O) groups is 2. The van der Waals surface area contributed by atoms with E-state index in [2.05, 4.69) is 0 Å². The number of imide groups is 1. The minimum Gasteiger partial charge on any atom is -0.493 e. The number of nitrogens with zero attached hydrogens (tertiary/aromatic N) is 1. The van der Waals surface area contributed by atoms with E-state index in [1.165, 1.54) is 0 Å². The molecule has 1 saturated heterocycles. The van der Waals surface area contributed by atoms with E-state index in [0.29, 0.717) is 50.7 Å². The summed E-state index contributed by atoms with van der Waals surface area (Å²) in [5, 5.41) is 0.917. The maximum atomic E-state index is 13.4. The van der Waals surface area contributed by atoms with Gasteiger partial charge in [0.05, 0.1) is 17.9 Å². The number of hydrogen-bond acceptors (Lipinski definition) is 5. The lowest BCUT2D eigenvalue weighted by molar-refractivity contribution is -0.112. The third-order valence-corrected chi connectivity index (χ3v) is 6.06. The Morgan fingerprint density at radius 3 is 2.50 bits per heavy atom. The van der Waals surface area contributed by atoms with Crippen molar-refractivity contribution in [1.29, 1.82) is 0 Å². The van der Waals surface area contributed by atoms with Crippen LogP contribution in [0.3, 0.4) is 0 Å². The summed E-state index contributed by atoms with van der Waals surface area (Å²) >= 11 is 12.5. The molecule has 2 aromatic rings. The number of hydrogen-bond donors (Lipinski definition) is 0. The molecule has 0 unspecified atom stereocenters. The highest BCUT2D eigenvalue weighted by Crippen LogP contribution is 2.41. The first-order chi connectivity index (χ1) is 16.1. The van der Waals surface area contributed by atoms with Crippen molar-refractivity contribution < 1.29 is 23.8 Å². The predicted octanol–water partition coefficient (Wildman–Crippen LogP) is 6.62. The van der Waals surface area contributed by atoms with Crippen LogP contribution in [0.25, 0.3) is 11.6 Å². The van der Waals surface area contributed by atoms with E-state index in [1.54, 1.807) is 63.2 Å². The first-order valence-electron chi connectivity index (χ1n) is 11.2. The number of anilines is 1. The Hall–Kier alpha value is -2.54. The van der Waals surface area contributed by atoms with Crippen molar-refractivity contribution in [3.05, 3.63) is 57.6 Å². The molecule has 2 aromatic carbocycles. The molecule has 8 heteroatoms. The zero-order valence-corrected chi connectivity index (χ0v) is 20.9. The van der Waals surface area contributed by atoms with E-state index in [4.69, 9.17) is 37.4 Å². The number of rotatable bonds is 4. The van der Waals surface area contributed by atoms with Crippen molar-refractivity contribution in [2.45, 2.75) is 39.2 Å². The lowest BCUT2D eigenvalue weighted by Gasteiger charge is -2.23. The van der Waals surface area contributed by atoms with Crippen molar-refractivity contribution >= 4 is 52.5 Å². The van der Waals surface area contributed by atoms with Gasteiger partial charge in [-0.2, -0.15) is 0 Å². The molecular formula is C26H27Cl2NO5. The molecule has 0 aromatic heterocycles. The van der Waals surface area contributed by atoms with E-state index in [1.807, 2.05) is 0 Å². The molecule has 0 saturated carbocycles. The number of amides is 2. The zero-order chi connectivity index (χ0) is 24.5. The van der Waals surface area contributed by atoms with Crippen molar-refractivity contribution in [2.75, 3.05) is 24.7 Å². The standard InChI is InChI=1S/C26H27Cl2NO5/c1-26(2,3)34-25(31)29-22-14-19(28)4-6-20(22)21(24(29)30)13-17-12-18(27)5-7-23(17)33-15-16-8-10-32-11-9-16/h4-7,12-14,16H,8-11,15H2,1-3H3/b21-13+. The average molecular weight is 504 g/mol. The molecule has 0 aliphatic carbocycles. The Morgan fingerprint density at radius 2 is 1.79 bits per heavy atom. The van der Waals surface area contributed by atoms with Crippen molar-refractivity contribution in [3.63, 3.8) is 0 Å². The molecule has 0 spiro atoms. The second-order valence-electron chi connectivity index (χ2n) is 9.39. The lowest BCUT2D eigenvalue weighted by atomic mass is 10.0. The van der Waals surface area contributed by atoms with Crippen molar-refractivity contribution in [1.82, 2.24) is 0 Å². The second kappa shape index (κ2) is 9.98. The molecule has 0 atom stereocenters. The van der Waals surface area contributed by atoms with Crippen LogP contribution >= 0.6 is 23.2 Å². The molecule has 2 heterocycles. The number of benzene rings is 2. The van der Waals surface area contributed by atoms with Crippen LogP contribution < -0.4 is 9.64 Å². The molecule has 0 radical (unpaired) electrons. The zero-order valence-electron chi connectivity index (χ0n) is 19.4. The van der Waals surface area contributed by atoms with Gasteiger partial charge in [-0.1, -0.05) is 29.3 Å². The molecule has 180 valence electrons. The van der Waals surface area contributed by atoms with Gasteiger partial charge in [-0.3, -0.25) is 4.79 Å². The van der Waals surface area contributed by atoms with Gasteiger partial charge in [0.25, 0.3) is 5.91 Å². The third-order valence-electron chi connectivity index (χ3n) is 5.59. The van der Waals surface area contributed by atoms with Crippen LogP contribution in [-0.4, -0.2) is 37.4 Å². The van der Waals surface area contributed by atoms with Crippen LogP contribution in [0, 0.1) is 5.92 Å². The Balaban J connectivity index is 1.69. The van der Waals surface area contributed by atoms with Crippen molar-refractivity contribution in [2.24, 2.45) is 5.92 Å². The number of ether oxygens (including phenoxy) is 3. The molecule has 2 amide bonds. The molecular weight excluding hydrogens is 477 g/mol. The van der Waals surface area contributed by atoms with Crippen molar-refractivity contribution in [3.8, 4) is 5.75 Å². The monoisotopic (exact) mass is 503 g/mol. The minimum absolute atomic E-state index is 0.329. The van der Waals surface area contributed by atoms with Gasteiger partial charge in [0, 0.05) is 34.4 Å². The molecule has 6 nitrogen and oxygen atoms in total. The normalized spacial score (nSPS) is 17.7. The Kier molecular flexibility index (Phi) is 7.22. The van der Waals surface area contributed by atoms with Crippen LogP contribution in [0.15, 0.2) is 36.4 Å². The van der Waals surface area contributed by atoms with Crippen LogP contribution in [0.1, 0.15) is 44.7 Å². The maximum Gasteiger partial charge on any atom is 0.422 e. The van der Waals surface area contributed by atoms with E-state index < -0.39 is 17.6 Å². The highest BCUT2D eigenvalue weighted by Gasteiger charge is 2.39. The summed E-state index contributed by atoms with van der Waals surface area (Å²) in [5.74, 6) is 0.521. The third kappa shape index (κ3) is 5.57. The van der Waals surface area contributed by atoms with Gasteiger partial charge in [-0.25, -0.2) is 9.69 Å². The van der Waals surface area contributed by atoms with E-state index in [9.17, 15) is 9.59 Å². The molecule has 1 fully saturated rings. The SMILES string of the molecule is CC(C)(C)OC(=O)N1C(=O)/C(=C/c2cc(Cl)ccc2OCC2CCOCC2)c2ccc(Cl)cc21. The average Bonchev–Trinajstić information content (AvgIpc) is 3.03. The Morgan fingerprint density at radius 1 is 1.12 bits per heavy atom. The summed E-state index contributed by atoms with van der Waals surface area (Å²) in [6.45, 7) is 7.25. The first-order valence-corrected chi connectivity index (χ1v) is 12.0. The van der Waals surface area contributed by atoms with Gasteiger partial charge >= 0.3 is 6.09 Å². The fraction of sp³-hybridized carbons (Fsp3) is 0.385. The molecule has 2 aliphatic heterocycles. The first kappa shape index (κ1) is 24.6. The van der Waals surface area contributed by atoms with E-state index >= 15 is 0 Å². The maximum absolute atomic E-state index is 13.4. The van der Waals surface area contributed by atoms with Crippen LogP contribution in [-0.2, 0) is 14.3 Å². The van der Waals surface area contributed by atoms with Crippen LogP contribution in [0.4, 0.5) is 10.5 Å². The summed E-state index contributed by atoms with van der Waals surface area (Å²) in [7, 11) is 0. The summed E-state index contributed by atoms with van der Waals surface area (Å²) < 4.78 is 17.0. The van der Waals surface area contributed by atoms with Gasteiger partial charge < -0.3 is 14.2 Å². The van der Waals surface area contributed by atoms with Gasteiger partial charge in [-0.15, -0.1) is 0 Å². The highest BCUT2D eigenvalue weighted by atomic mass is 35.5. The largest absolute Gasteiger partial charge is 0.493 e. The van der Waals surface area contributed by atoms with Crippen LogP contribution in [0.2, 0.25) is 10.0 Å². The fourth-order valence-corrected chi connectivity index (χ4v) is 4.28. The number of halogens is 2. The molecule has 0 bridgehead atoms. The van der Waals surface area contributed by atoms with Gasteiger partial charge in [0.1, 0.15) is 11.4 Å². The van der Waals surface area contributed by atoms with Gasteiger partial charge in [-0.05, 0) is 75.9 Å². The topological polar surface area (TPSA) is 65.1 Å². The second-order valence-corrected chi connectivity index (χ2v) is 10.3. The summed E-state index contributed by atoms with van der Waals surface area (Å²) in [6.07, 6.45) is 2.83. The van der Waals surface area contributed by atoms with E-state index in [-0.39, 0.29) is 0 Å². The molecule has 0 N–H and O–H groups in total. The minimum atomic E-state index is -0.763. The Bertz CT molecular complexity index is 1130. The summed E-state index contributed by atoms with van der Waals surface area (Å²) in [6, 6.07) is 10.3. The molecule has 2 aliphatic rings. The predicted molar refractivity (Wildman–Crippen MR) is 134 cm³/mol. The number of fused-ring (bicyclic) bond motifs is 1. The quantitative estimate of drug-likeness (QED) is 0.438. The van der Waals surface area contributed by atoms with Gasteiger partial charge in [0.2, 0.25) is 0 Å². The molecule has 4 rings (SSSR count). The van der Waals surface area contributed by atoms with E-state index in [0.717, 1.165) is 31.0 Å². The lowest BCUT2D eigenvalue weighted by Crippen LogP contribution is -2.38. The molecule has 34 heavy (non-hydrogen) atoms. The summed E-state index contributed by atoms with van der Waals surface area (Å²) in [4.78, 5) is 27.4. The van der Waals surface area contributed by atoms with Crippen LogP contribution in [0.5, 0.6) is 5.75 Å². The smallest absolute Gasteiger partial charge is 0.422 e. The highest BCUT2D eigenvalue weighted by molar-refractivity contribution is 6.42. The van der Waals surface area contributed by atoms with Gasteiger partial charge in [0.15, 0.2) is 0 Å². The summed E-state index contributed by atoms with van der Waals surface area (Å²) in [5.41, 5.74) is 1.17. The Labute approximate surface area is 209 Å².